The maximum absolute atomic E-state index is 11.9. The highest BCUT2D eigenvalue weighted by molar-refractivity contribution is 7.87. The molecule has 0 radical (unpaired) electrons. The van der Waals surface area contributed by atoms with Gasteiger partial charge in [0.2, 0.25) is 0 Å². The number of rotatable bonds is 3. The average Bonchev–Trinajstić information content (AvgIpc) is 2.39. The summed E-state index contributed by atoms with van der Waals surface area (Å²) in [7, 11) is -4.00. The van der Waals surface area contributed by atoms with E-state index in [0.29, 0.717) is 0 Å². The SMILES string of the molecule is Cc1ccc(S(=O)(=O)Oc2ccnc(C#N)c2)nc1. The van der Waals surface area contributed by atoms with Gasteiger partial charge >= 0.3 is 10.1 Å². The van der Waals surface area contributed by atoms with E-state index in [9.17, 15) is 8.42 Å². The van der Waals surface area contributed by atoms with E-state index in [0.717, 1.165) is 5.56 Å². The predicted molar refractivity (Wildman–Crippen MR) is 65.7 cm³/mol. The second kappa shape index (κ2) is 5.04. The zero-order valence-electron chi connectivity index (χ0n) is 9.94. The van der Waals surface area contributed by atoms with Crippen molar-refractivity contribution in [3.05, 3.63) is 47.9 Å². The van der Waals surface area contributed by atoms with Crippen molar-refractivity contribution in [2.45, 2.75) is 11.9 Å². The minimum Gasteiger partial charge on any atom is -0.378 e. The lowest BCUT2D eigenvalue weighted by Crippen LogP contribution is -2.11. The monoisotopic (exact) mass is 275 g/mol. The molecule has 0 spiro atoms. The molecule has 0 aliphatic rings. The number of nitriles is 1. The van der Waals surface area contributed by atoms with Crippen molar-refractivity contribution in [2.24, 2.45) is 0 Å². The van der Waals surface area contributed by atoms with Gasteiger partial charge in [-0.2, -0.15) is 13.7 Å². The highest BCUT2D eigenvalue weighted by Crippen LogP contribution is 2.17. The maximum Gasteiger partial charge on any atom is 0.356 e. The highest BCUT2D eigenvalue weighted by atomic mass is 32.2. The van der Waals surface area contributed by atoms with Crippen molar-refractivity contribution in [3.8, 4) is 11.8 Å². The smallest absolute Gasteiger partial charge is 0.356 e. The van der Waals surface area contributed by atoms with Gasteiger partial charge in [-0.15, -0.1) is 0 Å². The van der Waals surface area contributed by atoms with E-state index in [1.165, 1.54) is 30.6 Å². The Morgan fingerprint density at radius 3 is 2.68 bits per heavy atom. The van der Waals surface area contributed by atoms with Gasteiger partial charge in [-0.3, -0.25) is 0 Å². The summed E-state index contributed by atoms with van der Waals surface area (Å²) < 4.78 is 28.7. The largest absolute Gasteiger partial charge is 0.378 e. The second-order valence-electron chi connectivity index (χ2n) is 3.70. The fourth-order valence-corrected chi connectivity index (χ4v) is 2.15. The molecule has 0 atom stereocenters. The third-order valence-electron chi connectivity index (χ3n) is 2.19. The summed E-state index contributed by atoms with van der Waals surface area (Å²) in [5, 5.41) is 8.49. The maximum atomic E-state index is 11.9. The van der Waals surface area contributed by atoms with Crippen LogP contribution in [0.5, 0.6) is 5.75 Å². The summed E-state index contributed by atoms with van der Waals surface area (Å²) in [6.45, 7) is 1.80. The third-order valence-corrected chi connectivity index (χ3v) is 3.36. The van der Waals surface area contributed by atoms with E-state index < -0.39 is 10.1 Å². The van der Waals surface area contributed by atoms with E-state index in [2.05, 4.69) is 9.97 Å². The van der Waals surface area contributed by atoms with Gasteiger partial charge in [-0.1, -0.05) is 6.07 Å². The molecule has 0 saturated carbocycles. The molecule has 2 aromatic rings. The Hall–Kier alpha value is -2.46. The van der Waals surface area contributed by atoms with Gasteiger partial charge in [0.05, 0.1) is 0 Å². The highest BCUT2D eigenvalue weighted by Gasteiger charge is 2.18. The molecule has 0 bridgehead atoms. The standard InChI is InChI=1S/C12H9N3O3S/c1-9-2-3-12(15-8-9)19(16,17)18-11-4-5-14-10(6-11)7-13/h2-6,8H,1H3. The molecule has 0 saturated heterocycles. The van der Waals surface area contributed by atoms with Crippen molar-refractivity contribution in [1.29, 1.82) is 5.26 Å². The van der Waals surface area contributed by atoms with Crippen molar-refractivity contribution >= 4 is 10.1 Å². The first-order valence-corrected chi connectivity index (χ1v) is 6.65. The minimum atomic E-state index is -4.00. The van der Waals surface area contributed by atoms with Crippen molar-refractivity contribution < 1.29 is 12.6 Å². The Balaban J connectivity index is 2.31. The molecule has 0 amide bonds. The van der Waals surface area contributed by atoms with E-state index in [1.807, 2.05) is 0 Å². The van der Waals surface area contributed by atoms with Crippen LogP contribution in [0.15, 0.2) is 41.7 Å². The first kappa shape index (κ1) is 13.0. The van der Waals surface area contributed by atoms with Gasteiger partial charge < -0.3 is 4.18 Å². The van der Waals surface area contributed by atoms with Gasteiger partial charge in [-0.05, 0) is 18.6 Å². The number of hydrogen-bond donors (Lipinski definition) is 0. The van der Waals surface area contributed by atoms with Crippen LogP contribution in [0.25, 0.3) is 0 Å². The topological polar surface area (TPSA) is 92.9 Å². The molecule has 0 N–H and O–H groups in total. The van der Waals surface area contributed by atoms with Crippen LogP contribution in [0, 0.1) is 18.3 Å². The summed E-state index contributed by atoms with van der Waals surface area (Å²) in [6.07, 6.45) is 2.73. The number of pyridine rings is 2. The fourth-order valence-electron chi connectivity index (χ4n) is 1.30. The van der Waals surface area contributed by atoms with E-state index in [4.69, 9.17) is 9.44 Å². The van der Waals surface area contributed by atoms with Crippen LogP contribution < -0.4 is 4.18 Å². The summed E-state index contributed by atoms with van der Waals surface area (Å²) in [4.78, 5) is 7.52. The molecule has 6 nitrogen and oxygen atoms in total. The predicted octanol–water partition coefficient (Wildman–Crippen LogP) is 1.42. The quantitative estimate of drug-likeness (QED) is 0.786. The van der Waals surface area contributed by atoms with Crippen LogP contribution in [0.2, 0.25) is 0 Å². The number of hydrogen-bond acceptors (Lipinski definition) is 6. The lowest BCUT2D eigenvalue weighted by molar-refractivity contribution is 0.482. The van der Waals surface area contributed by atoms with Crippen LogP contribution in [-0.4, -0.2) is 18.4 Å². The molecule has 2 aromatic heterocycles. The molecule has 0 aliphatic carbocycles. The number of aromatic nitrogens is 2. The van der Waals surface area contributed by atoms with E-state index in [1.54, 1.807) is 19.1 Å². The lowest BCUT2D eigenvalue weighted by Gasteiger charge is -2.06. The first-order chi connectivity index (χ1) is 9.01. The lowest BCUT2D eigenvalue weighted by atomic mass is 10.3. The number of nitrogens with zero attached hydrogens (tertiary/aromatic N) is 3. The summed E-state index contributed by atoms with van der Waals surface area (Å²) >= 11 is 0. The van der Waals surface area contributed by atoms with E-state index in [-0.39, 0.29) is 16.5 Å². The summed E-state index contributed by atoms with van der Waals surface area (Å²) in [5.74, 6) is 0.0222. The molecule has 0 aromatic carbocycles. The molecule has 0 aliphatic heterocycles. The first-order valence-electron chi connectivity index (χ1n) is 5.24. The average molecular weight is 275 g/mol. The van der Waals surface area contributed by atoms with Crippen LogP contribution in [0.4, 0.5) is 0 Å². The Kier molecular flexibility index (Phi) is 3.44. The molecule has 0 unspecified atom stereocenters. The molecule has 96 valence electrons. The Labute approximate surface area is 110 Å². The van der Waals surface area contributed by atoms with Crippen LogP contribution in [0.1, 0.15) is 11.3 Å². The zero-order valence-corrected chi connectivity index (χ0v) is 10.8. The van der Waals surface area contributed by atoms with Crippen LogP contribution in [0.3, 0.4) is 0 Å². The molecule has 19 heavy (non-hydrogen) atoms. The van der Waals surface area contributed by atoms with Gasteiger partial charge in [-0.25, -0.2) is 9.97 Å². The second-order valence-corrected chi connectivity index (χ2v) is 5.19. The molecular weight excluding hydrogens is 266 g/mol. The van der Waals surface area contributed by atoms with Crippen LogP contribution in [-0.2, 0) is 10.1 Å². The molecule has 2 heterocycles. The number of aryl methyl sites for hydroxylation is 1. The van der Waals surface area contributed by atoms with Gasteiger partial charge in [0.15, 0.2) is 5.03 Å². The summed E-state index contributed by atoms with van der Waals surface area (Å²) in [6, 6.07) is 7.37. The molecule has 0 fully saturated rings. The van der Waals surface area contributed by atoms with Crippen LogP contribution >= 0.6 is 0 Å². The normalized spacial score (nSPS) is 10.7. The molecule has 2 rings (SSSR count). The Bertz CT molecular complexity index is 734. The van der Waals surface area contributed by atoms with Gasteiger partial charge in [0.25, 0.3) is 0 Å². The zero-order chi connectivity index (χ0) is 13.9. The van der Waals surface area contributed by atoms with Gasteiger partial charge in [0, 0.05) is 24.5 Å². The molecular formula is C12H9N3O3S. The minimum absolute atomic E-state index is 0.0222. The van der Waals surface area contributed by atoms with E-state index >= 15 is 0 Å². The fraction of sp³-hybridized carbons (Fsp3) is 0.0833. The molecule has 7 heteroatoms. The summed E-state index contributed by atoms with van der Waals surface area (Å²) in [5.41, 5.74) is 0.916. The van der Waals surface area contributed by atoms with Crippen molar-refractivity contribution in [3.63, 3.8) is 0 Å². The Morgan fingerprint density at radius 2 is 2.05 bits per heavy atom. The Morgan fingerprint density at radius 1 is 1.26 bits per heavy atom. The van der Waals surface area contributed by atoms with Crippen molar-refractivity contribution in [2.75, 3.05) is 0 Å². The third kappa shape index (κ3) is 3.05. The van der Waals surface area contributed by atoms with Crippen molar-refractivity contribution in [1.82, 2.24) is 9.97 Å². The van der Waals surface area contributed by atoms with Gasteiger partial charge in [0.1, 0.15) is 17.5 Å².